The van der Waals surface area contributed by atoms with Gasteiger partial charge in [-0.2, -0.15) is 0 Å². The fourth-order valence-electron chi connectivity index (χ4n) is 1.35. The number of fused-ring (bicyclic) bond motifs is 1. The van der Waals surface area contributed by atoms with Gasteiger partial charge < -0.3 is 5.11 Å². The molecule has 1 amide bonds. The van der Waals surface area contributed by atoms with Crippen molar-refractivity contribution in [2.45, 2.75) is 5.03 Å². The van der Waals surface area contributed by atoms with Gasteiger partial charge in [0.15, 0.2) is 0 Å². The van der Waals surface area contributed by atoms with Gasteiger partial charge in [-0.1, -0.05) is 11.8 Å². The SMILES string of the molecule is O=C(O)CN1C(=O)CSc2ncccc21. The molecule has 0 radical (unpaired) electrons. The van der Waals surface area contributed by atoms with E-state index < -0.39 is 5.97 Å². The lowest BCUT2D eigenvalue weighted by atomic mass is 10.3. The molecule has 15 heavy (non-hydrogen) atoms. The molecule has 0 atom stereocenters. The zero-order valence-corrected chi connectivity index (χ0v) is 8.53. The van der Waals surface area contributed by atoms with Crippen molar-refractivity contribution >= 4 is 29.3 Å². The Morgan fingerprint density at radius 2 is 2.47 bits per heavy atom. The predicted molar refractivity (Wildman–Crippen MR) is 54.9 cm³/mol. The van der Waals surface area contributed by atoms with Crippen LogP contribution < -0.4 is 4.90 Å². The number of carboxylic acids is 1. The normalized spacial score (nSPS) is 14.9. The zero-order valence-electron chi connectivity index (χ0n) is 7.71. The first kappa shape index (κ1) is 9.97. The maximum atomic E-state index is 11.5. The molecule has 0 fully saturated rings. The molecule has 6 heteroatoms. The Kier molecular flexibility index (Phi) is 2.59. The van der Waals surface area contributed by atoms with Crippen molar-refractivity contribution in [1.82, 2.24) is 4.98 Å². The number of rotatable bonds is 2. The van der Waals surface area contributed by atoms with Gasteiger partial charge >= 0.3 is 5.97 Å². The molecule has 0 unspecified atom stereocenters. The first-order valence-electron chi connectivity index (χ1n) is 4.28. The van der Waals surface area contributed by atoms with Crippen molar-refractivity contribution < 1.29 is 14.7 Å². The maximum Gasteiger partial charge on any atom is 0.323 e. The summed E-state index contributed by atoms with van der Waals surface area (Å²) in [6.45, 7) is -0.307. The summed E-state index contributed by atoms with van der Waals surface area (Å²) in [4.78, 5) is 27.4. The molecule has 0 saturated carbocycles. The maximum absolute atomic E-state index is 11.5. The Balaban J connectivity index is 2.37. The van der Waals surface area contributed by atoms with Crippen LogP contribution in [0.25, 0.3) is 0 Å². The number of thioether (sulfide) groups is 1. The van der Waals surface area contributed by atoms with Crippen molar-refractivity contribution in [3.63, 3.8) is 0 Å². The van der Waals surface area contributed by atoms with Crippen LogP contribution in [-0.4, -0.2) is 34.3 Å². The van der Waals surface area contributed by atoms with Gasteiger partial charge in [-0.15, -0.1) is 0 Å². The van der Waals surface area contributed by atoms with Crippen molar-refractivity contribution in [3.05, 3.63) is 18.3 Å². The molecule has 2 rings (SSSR count). The summed E-state index contributed by atoms with van der Waals surface area (Å²) < 4.78 is 0. The van der Waals surface area contributed by atoms with Gasteiger partial charge in [0, 0.05) is 6.20 Å². The molecule has 0 spiro atoms. The summed E-state index contributed by atoms with van der Waals surface area (Å²) in [6, 6.07) is 3.39. The molecule has 1 aliphatic heterocycles. The van der Waals surface area contributed by atoms with Crippen LogP contribution in [0.1, 0.15) is 0 Å². The standard InChI is InChI=1S/C9H8N2O3S/c12-7-5-15-9-6(2-1-3-10-9)11(7)4-8(13)14/h1-3H,4-5H2,(H,13,14). The molecular weight excluding hydrogens is 216 g/mol. The van der Waals surface area contributed by atoms with Gasteiger partial charge in [0.1, 0.15) is 11.6 Å². The average Bonchev–Trinajstić information content (AvgIpc) is 2.22. The molecule has 5 nitrogen and oxygen atoms in total. The second-order valence-corrected chi connectivity index (χ2v) is 3.95. The van der Waals surface area contributed by atoms with E-state index in [1.165, 1.54) is 16.7 Å². The molecular formula is C9H8N2O3S. The van der Waals surface area contributed by atoms with Gasteiger partial charge in [0.2, 0.25) is 5.91 Å². The van der Waals surface area contributed by atoms with E-state index in [2.05, 4.69) is 4.98 Å². The minimum absolute atomic E-state index is 0.192. The van der Waals surface area contributed by atoms with Crippen molar-refractivity contribution in [3.8, 4) is 0 Å². The van der Waals surface area contributed by atoms with E-state index >= 15 is 0 Å². The van der Waals surface area contributed by atoms with Crippen molar-refractivity contribution in [1.29, 1.82) is 0 Å². The highest BCUT2D eigenvalue weighted by atomic mass is 32.2. The minimum atomic E-state index is -1.02. The smallest absolute Gasteiger partial charge is 0.323 e. The lowest BCUT2D eigenvalue weighted by molar-refractivity contribution is -0.136. The number of pyridine rings is 1. The fourth-order valence-corrected chi connectivity index (χ4v) is 2.23. The van der Waals surface area contributed by atoms with E-state index in [0.29, 0.717) is 10.7 Å². The highest BCUT2D eigenvalue weighted by Crippen LogP contribution is 2.32. The summed E-state index contributed by atoms with van der Waals surface area (Å²) in [5.74, 6) is -0.968. The Morgan fingerprint density at radius 1 is 1.67 bits per heavy atom. The fraction of sp³-hybridized carbons (Fsp3) is 0.222. The van der Waals surface area contributed by atoms with Gasteiger partial charge in [-0.25, -0.2) is 4.98 Å². The molecule has 78 valence electrons. The molecule has 1 aliphatic rings. The van der Waals surface area contributed by atoms with Crippen LogP contribution in [0.2, 0.25) is 0 Å². The number of carbonyl (C=O) groups is 2. The van der Waals surface area contributed by atoms with Gasteiger partial charge in [-0.05, 0) is 12.1 Å². The summed E-state index contributed by atoms with van der Waals surface area (Å²) in [6.07, 6.45) is 1.63. The quantitative estimate of drug-likeness (QED) is 0.796. The van der Waals surface area contributed by atoms with Gasteiger partial charge in [0.05, 0.1) is 11.4 Å². The Hall–Kier alpha value is -1.56. The van der Waals surface area contributed by atoms with Gasteiger partial charge in [-0.3, -0.25) is 14.5 Å². The average molecular weight is 224 g/mol. The third kappa shape index (κ3) is 1.94. The van der Waals surface area contributed by atoms with E-state index in [1.807, 2.05) is 0 Å². The molecule has 2 heterocycles. The number of aromatic nitrogens is 1. The number of hydrogen-bond donors (Lipinski definition) is 1. The summed E-state index contributed by atoms with van der Waals surface area (Å²) in [5.41, 5.74) is 0.584. The largest absolute Gasteiger partial charge is 0.480 e. The summed E-state index contributed by atoms with van der Waals surface area (Å²) in [5, 5.41) is 9.39. The van der Waals surface area contributed by atoms with E-state index in [0.717, 1.165) is 0 Å². The first-order valence-corrected chi connectivity index (χ1v) is 5.27. The number of hydrogen-bond acceptors (Lipinski definition) is 4. The number of amides is 1. The van der Waals surface area contributed by atoms with E-state index in [4.69, 9.17) is 5.11 Å². The third-order valence-electron chi connectivity index (χ3n) is 1.97. The predicted octanol–water partition coefficient (Wildman–Crippen LogP) is 0.605. The van der Waals surface area contributed by atoms with E-state index in [9.17, 15) is 9.59 Å². The Labute approximate surface area is 90.1 Å². The Bertz CT molecular complexity index is 422. The lowest BCUT2D eigenvalue weighted by Crippen LogP contribution is -2.39. The topological polar surface area (TPSA) is 70.5 Å². The third-order valence-corrected chi connectivity index (χ3v) is 2.95. The molecule has 1 aromatic heterocycles. The second kappa shape index (κ2) is 3.90. The number of nitrogens with zero attached hydrogens (tertiary/aromatic N) is 2. The molecule has 0 saturated heterocycles. The van der Waals surface area contributed by atoms with Crippen molar-refractivity contribution in [2.24, 2.45) is 0 Å². The van der Waals surface area contributed by atoms with Gasteiger partial charge in [0.25, 0.3) is 0 Å². The van der Waals surface area contributed by atoms with Crippen LogP contribution >= 0.6 is 11.8 Å². The molecule has 0 aliphatic carbocycles. The number of carboxylic acid groups (broad SMARTS) is 1. The number of anilines is 1. The monoisotopic (exact) mass is 224 g/mol. The zero-order chi connectivity index (χ0) is 10.8. The van der Waals surface area contributed by atoms with Crippen molar-refractivity contribution in [2.75, 3.05) is 17.2 Å². The molecule has 1 N–H and O–H groups in total. The minimum Gasteiger partial charge on any atom is -0.480 e. The number of aliphatic carboxylic acids is 1. The highest BCUT2D eigenvalue weighted by Gasteiger charge is 2.26. The van der Waals surface area contributed by atoms with Crippen LogP contribution in [0.5, 0.6) is 0 Å². The first-order chi connectivity index (χ1) is 7.18. The lowest BCUT2D eigenvalue weighted by Gasteiger charge is -2.26. The molecule has 1 aromatic rings. The summed E-state index contributed by atoms with van der Waals surface area (Å²) in [7, 11) is 0. The van der Waals surface area contributed by atoms with E-state index in [-0.39, 0.29) is 18.2 Å². The van der Waals surface area contributed by atoms with Crippen LogP contribution in [-0.2, 0) is 9.59 Å². The summed E-state index contributed by atoms with van der Waals surface area (Å²) >= 11 is 1.33. The second-order valence-electron chi connectivity index (χ2n) is 2.99. The van der Waals surface area contributed by atoms with Crippen LogP contribution in [0.15, 0.2) is 23.4 Å². The van der Waals surface area contributed by atoms with Crippen LogP contribution in [0, 0.1) is 0 Å². The number of carbonyl (C=O) groups excluding carboxylic acids is 1. The van der Waals surface area contributed by atoms with Crippen LogP contribution in [0.3, 0.4) is 0 Å². The highest BCUT2D eigenvalue weighted by molar-refractivity contribution is 8.00. The Morgan fingerprint density at radius 3 is 3.20 bits per heavy atom. The van der Waals surface area contributed by atoms with Crippen LogP contribution in [0.4, 0.5) is 5.69 Å². The van der Waals surface area contributed by atoms with E-state index in [1.54, 1.807) is 18.3 Å². The molecule has 0 aromatic carbocycles. The molecule has 0 bridgehead atoms.